The van der Waals surface area contributed by atoms with Crippen LogP contribution in [0.3, 0.4) is 0 Å². The molecular weight excluding hydrogens is 212 g/mol. The maximum atomic E-state index is 10.7. The molecule has 1 unspecified atom stereocenters. The molecule has 6 nitrogen and oxygen atoms in total. The highest BCUT2D eigenvalue weighted by molar-refractivity contribution is 5.85. The fraction of sp³-hybridized carbons (Fsp3) is 1.00. The molecule has 7 heteroatoms. The predicted octanol–water partition coefficient (Wildman–Crippen LogP) is -0.274. The van der Waals surface area contributed by atoms with Crippen molar-refractivity contribution in [1.29, 1.82) is 0 Å². The van der Waals surface area contributed by atoms with Gasteiger partial charge in [0.05, 0.1) is 13.3 Å². The Labute approximate surface area is 88.4 Å². The van der Waals surface area contributed by atoms with Crippen LogP contribution in [0.4, 0.5) is 0 Å². The van der Waals surface area contributed by atoms with Crippen molar-refractivity contribution >= 4 is 12.4 Å². The van der Waals surface area contributed by atoms with Gasteiger partial charge in [-0.1, -0.05) is 6.92 Å². The van der Waals surface area contributed by atoms with Crippen LogP contribution in [0.25, 0.3) is 0 Å². The lowest BCUT2D eigenvalue weighted by Gasteiger charge is -2.34. The summed E-state index contributed by atoms with van der Waals surface area (Å²) < 4.78 is 5.07. The lowest BCUT2D eigenvalue weighted by Crippen LogP contribution is -2.59. The van der Waals surface area contributed by atoms with E-state index in [0.717, 1.165) is 0 Å². The Morgan fingerprint density at radius 3 is 2.79 bits per heavy atom. The van der Waals surface area contributed by atoms with E-state index < -0.39 is 17.1 Å². The number of rotatable bonds is 3. The van der Waals surface area contributed by atoms with Crippen LogP contribution in [0, 0.1) is 10.1 Å². The summed E-state index contributed by atoms with van der Waals surface area (Å²) in [6.07, 6.45) is 0. The third-order valence-electron chi connectivity index (χ3n) is 2.29. The van der Waals surface area contributed by atoms with Crippen LogP contribution < -0.4 is 0 Å². The largest absolute Gasteiger partial charge is 0.389 e. The highest BCUT2D eigenvalue weighted by Gasteiger charge is 2.46. The van der Waals surface area contributed by atoms with Crippen molar-refractivity contribution in [2.24, 2.45) is 0 Å². The number of aliphatic hydroxyl groups excluding tert-OH is 1. The second kappa shape index (κ2) is 5.45. The van der Waals surface area contributed by atoms with E-state index in [9.17, 15) is 10.1 Å². The Balaban J connectivity index is 0.00000169. The zero-order valence-corrected chi connectivity index (χ0v) is 8.83. The topological polar surface area (TPSA) is 75.8 Å². The monoisotopic (exact) mass is 226 g/mol. The second-order valence-electron chi connectivity index (χ2n) is 3.26. The van der Waals surface area contributed by atoms with Gasteiger partial charge in [-0.15, -0.1) is 12.4 Å². The molecule has 1 fully saturated rings. The first-order chi connectivity index (χ1) is 6.14. The summed E-state index contributed by atoms with van der Waals surface area (Å²) in [6, 6.07) is 0. The summed E-state index contributed by atoms with van der Waals surface area (Å²) in [7, 11) is 0. The van der Waals surface area contributed by atoms with Gasteiger partial charge in [0.25, 0.3) is 5.54 Å². The maximum absolute atomic E-state index is 10.7. The summed E-state index contributed by atoms with van der Waals surface area (Å²) in [5.74, 6) is 0. The van der Waals surface area contributed by atoms with Gasteiger partial charge in [-0.3, -0.25) is 15.0 Å². The molecule has 0 aromatic rings. The molecule has 1 aliphatic heterocycles. The Morgan fingerprint density at radius 1 is 1.71 bits per heavy atom. The van der Waals surface area contributed by atoms with E-state index >= 15 is 0 Å². The Hall–Kier alpha value is -0.430. The molecule has 1 saturated heterocycles. The van der Waals surface area contributed by atoms with Gasteiger partial charge in [-0.25, -0.2) is 0 Å². The highest BCUT2D eigenvalue weighted by atomic mass is 35.5. The van der Waals surface area contributed by atoms with Crippen molar-refractivity contribution in [2.45, 2.75) is 12.5 Å². The quantitative estimate of drug-likeness (QED) is 0.530. The summed E-state index contributed by atoms with van der Waals surface area (Å²) >= 11 is 0. The van der Waals surface area contributed by atoms with Crippen molar-refractivity contribution in [3.63, 3.8) is 0 Å². The molecule has 84 valence electrons. The number of likely N-dealkylation sites (N-methyl/N-ethyl adjacent to an activating group) is 1. The van der Waals surface area contributed by atoms with Gasteiger partial charge in [0.15, 0.2) is 0 Å². The van der Waals surface area contributed by atoms with Crippen molar-refractivity contribution < 1.29 is 14.8 Å². The van der Waals surface area contributed by atoms with Crippen LogP contribution >= 0.6 is 12.4 Å². The molecule has 1 heterocycles. The summed E-state index contributed by atoms with van der Waals surface area (Å²) in [4.78, 5) is 12.1. The first-order valence-corrected chi connectivity index (χ1v) is 4.20. The number of nitro groups is 1. The molecule has 0 amide bonds. The van der Waals surface area contributed by atoms with Crippen LogP contribution in [-0.2, 0) is 4.74 Å². The lowest BCUT2D eigenvalue weighted by atomic mass is 10.0. The number of nitrogens with zero attached hydrogens (tertiary/aromatic N) is 2. The molecule has 0 aliphatic carbocycles. The third kappa shape index (κ3) is 2.54. The van der Waals surface area contributed by atoms with Gasteiger partial charge >= 0.3 is 0 Å². The Kier molecular flexibility index (Phi) is 5.28. The second-order valence-corrected chi connectivity index (χ2v) is 3.26. The van der Waals surface area contributed by atoms with Crippen molar-refractivity contribution in [3.8, 4) is 0 Å². The third-order valence-corrected chi connectivity index (χ3v) is 2.29. The molecule has 0 spiro atoms. The highest BCUT2D eigenvalue weighted by Crippen LogP contribution is 2.17. The van der Waals surface area contributed by atoms with Crippen LogP contribution in [0.1, 0.15) is 6.92 Å². The van der Waals surface area contributed by atoms with Crippen molar-refractivity contribution in [3.05, 3.63) is 10.1 Å². The zero-order chi connectivity index (χ0) is 9.90. The van der Waals surface area contributed by atoms with E-state index in [4.69, 9.17) is 9.84 Å². The molecule has 0 radical (unpaired) electrons. The number of aliphatic hydroxyl groups is 1. The van der Waals surface area contributed by atoms with Gasteiger partial charge < -0.3 is 9.84 Å². The normalized spacial score (nSPS) is 28.1. The minimum Gasteiger partial charge on any atom is -0.389 e. The first kappa shape index (κ1) is 13.6. The van der Waals surface area contributed by atoms with Crippen LogP contribution in [0.2, 0.25) is 0 Å². The van der Waals surface area contributed by atoms with E-state index in [1.165, 1.54) is 0 Å². The fourth-order valence-electron chi connectivity index (χ4n) is 1.34. The Bertz CT molecular complexity index is 204. The molecule has 1 atom stereocenters. The zero-order valence-electron chi connectivity index (χ0n) is 8.01. The molecule has 14 heavy (non-hydrogen) atoms. The van der Waals surface area contributed by atoms with Gasteiger partial charge in [0.1, 0.15) is 13.2 Å². The molecule has 0 saturated carbocycles. The van der Waals surface area contributed by atoms with E-state index in [1.807, 2.05) is 6.92 Å². The smallest absolute Gasteiger partial charge is 0.280 e. The van der Waals surface area contributed by atoms with Crippen molar-refractivity contribution in [1.82, 2.24) is 4.90 Å². The van der Waals surface area contributed by atoms with E-state index in [1.54, 1.807) is 4.90 Å². The number of hydrogen-bond acceptors (Lipinski definition) is 5. The molecule has 0 aromatic heterocycles. The summed E-state index contributed by atoms with van der Waals surface area (Å²) in [5.41, 5.74) is -1.33. The maximum Gasteiger partial charge on any atom is 0.280 e. The minimum atomic E-state index is -1.33. The number of halogens is 1. The van der Waals surface area contributed by atoms with E-state index in [0.29, 0.717) is 13.3 Å². The van der Waals surface area contributed by atoms with Gasteiger partial charge in [0, 0.05) is 4.92 Å². The predicted molar refractivity (Wildman–Crippen MR) is 52.1 cm³/mol. The lowest BCUT2D eigenvalue weighted by molar-refractivity contribution is -0.584. The van der Waals surface area contributed by atoms with Gasteiger partial charge in [-0.05, 0) is 6.54 Å². The molecule has 0 aromatic carbocycles. The number of ether oxygens (including phenoxy) is 1. The van der Waals surface area contributed by atoms with Crippen LogP contribution in [-0.4, -0.2) is 53.5 Å². The standard InChI is InChI=1S/C7H14N2O4.ClH/c1-2-8-3-7(4-10,9(11)12)5-13-6-8;/h10H,2-6H2,1H3;1H. The SMILES string of the molecule is CCN1COCC(CO)([N+](=O)[O-])C1.Cl. The van der Waals surface area contributed by atoms with E-state index in [2.05, 4.69) is 0 Å². The first-order valence-electron chi connectivity index (χ1n) is 4.20. The van der Waals surface area contributed by atoms with Gasteiger partial charge in [0.2, 0.25) is 0 Å². The summed E-state index contributed by atoms with van der Waals surface area (Å²) in [5, 5.41) is 19.7. The Morgan fingerprint density at radius 2 is 2.36 bits per heavy atom. The van der Waals surface area contributed by atoms with Crippen molar-refractivity contribution in [2.75, 3.05) is 33.0 Å². The fourth-order valence-corrected chi connectivity index (χ4v) is 1.34. The average molecular weight is 227 g/mol. The molecule has 1 rings (SSSR count). The molecular formula is C7H15ClN2O4. The summed E-state index contributed by atoms with van der Waals surface area (Å²) in [6.45, 7) is 2.77. The molecule has 1 N–H and O–H groups in total. The van der Waals surface area contributed by atoms with Gasteiger partial charge in [-0.2, -0.15) is 0 Å². The molecule has 0 bridgehead atoms. The van der Waals surface area contributed by atoms with Crippen LogP contribution in [0.15, 0.2) is 0 Å². The number of hydrogen-bond donors (Lipinski definition) is 1. The van der Waals surface area contributed by atoms with Crippen LogP contribution in [0.5, 0.6) is 0 Å². The average Bonchev–Trinajstić information content (AvgIpc) is 2.17. The van der Waals surface area contributed by atoms with E-state index in [-0.39, 0.29) is 25.6 Å². The minimum absolute atomic E-state index is 0. The molecule has 1 aliphatic rings.